The number of nitrogen functional groups attached to an aromatic ring is 1. The van der Waals surface area contributed by atoms with E-state index in [1.165, 1.54) is 23.1 Å². The molecule has 0 aliphatic heterocycles. The summed E-state index contributed by atoms with van der Waals surface area (Å²) < 4.78 is 0. The number of thioether (sulfide) groups is 1. The molecule has 0 fully saturated rings. The number of carbonyl (C=O) groups excluding carboxylic acids is 1. The fraction of sp³-hybridized carbons (Fsp3) is 0.250. The van der Waals surface area contributed by atoms with E-state index >= 15 is 0 Å². The van der Waals surface area contributed by atoms with Gasteiger partial charge in [-0.2, -0.15) is 4.98 Å². The largest absolute Gasteiger partial charge is 0.368 e. The predicted octanol–water partition coefficient (Wildman–Crippen LogP) is 3.44. The molecule has 0 bridgehead atoms. The maximum atomic E-state index is 12.2. The zero-order valence-corrected chi connectivity index (χ0v) is 15.7. The molecule has 3 N–H and O–H groups in total. The van der Waals surface area contributed by atoms with Crippen LogP contribution in [0, 0.1) is 13.8 Å². The van der Waals surface area contributed by atoms with E-state index in [1.807, 2.05) is 37.4 Å². The second-order valence-electron chi connectivity index (χ2n) is 5.49. The van der Waals surface area contributed by atoms with Gasteiger partial charge in [0.2, 0.25) is 17.0 Å². The number of benzene rings is 1. The molecule has 3 aromatic rings. The Bertz CT molecular complexity index is 904. The molecular formula is C16H18N6OS2. The van der Waals surface area contributed by atoms with Crippen molar-refractivity contribution < 1.29 is 4.79 Å². The quantitative estimate of drug-likeness (QED) is 0.664. The lowest BCUT2D eigenvalue weighted by molar-refractivity contribution is -0.115. The van der Waals surface area contributed by atoms with Gasteiger partial charge in [-0.15, -0.1) is 16.4 Å². The molecule has 130 valence electrons. The van der Waals surface area contributed by atoms with E-state index in [0.29, 0.717) is 22.0 Å². The standard InChI is InChI=1S/C16H18N6OS2/c1-9-5-4-6-13(10(9)2)22(11(3)23)16-18-12(8-25-16)7-24-15-19-14(17)20-21-15/h4-6,8H,7H2,1-3H3,(H3,17,19,20,21). The van der Waals surface area contributed by atoms with Crippen molar-refractivity contribution in [1.29, 1.82) is 0 Å². The molecule has 7 nitrogen and oxygen atoms in total. The van der Waals surface area contributed by atoms with E-state index in [-0.39, 0.29) is 5.91 Å². The number of nitrogens with one attached hydrogen (secondary N) is 1. The third kappa shape index (κ3) is 3.83. The number of thiazole rings is 1. The van der Waals surface area contributed by atoms with Gasteiger partial charge in [0.05, 0.1) is 11.4 Å². The van der Waals surface area contributed by atoms with Crippen molar-refractivity contribution in [1.82, 2.24) is 20.2 Å². The second-order valence-corrected chi connectivity index (χ2v) is 7.27. The first-order chi connectivity index (χ1) is 12.0. The molecule has 3 rings (SSSR count). The Labute approximate surface area is 153 Å². The van der Waals surface area contributed by atoms with E-state index in [4.69, 9.17) is 5.73 Å². The number of H-pyrrole nitrogens is 1. The average Bonchev–Trinajstić information content (AvgIpc) is 3.18. The first-order valence-electron chi connectivity index (χ1n) is 7.57. The number of aromatic nitrogens is 4. The van der Waals surface area contributed by atoms with E-state index in [2.05, 4.69) is 20.2 Å². The summed E-state index contributed by atoms with van der Waals surface area (Å²) in [5.41, 5.74) is 9.45. The normalized spacial score (nSPS) is 10.8. The van der Waals surface area contributed by atoms with Gasteiger partial charge in [-0.05, 0) is 31.0 Å². The summed E-state index contributed by atoms with van der Waals surface area (Å²) in [4.78, 5) is 22.6. The van der Waals surface area contributed by atoms with Crippen LogP contribution in [-0.2, 0) is 10.5 Å². The van der Waals surface area contributed by atoms with Gasteiger partial charge in [0, 0.05) is 18.1 Å². The second kappa shape index (κ2) is 7.24. The minimum absolute atomic E-state index is 0.0657. The van der Waals surface area contributed by atoms with Crippen molar-refractivity contribution in [3.05, 3.63) is 40.4 Å². The first kappa shape index (κ1) is 17.4. The van der Waals surface area contributed by atoms with Crippen molar-refractivity contribution in [2.45, 2.75) is 31.7 Å². The highest BCUT2D eigenvalue weighted by atomic mass is 32.2. The summed E-state index contributed by atoms with van der Waals surface area (Å²) in [5, 5.41) is 9.76. The highest BCUT2D eigenvalue weighted by Gasteiger charge is 2.20. The van der Waals surface area contributed by atoms with Crippen LogP contribution in [0.2, 0.25) is 0 Å². The van der Waals surface area contributed by atoms with E-state index in [1.54, 1.807) is 11.8 Å². The zero-order valence-electron chi connectivity index (χ0n) is 14.1. The number of aryl methyl sites for hydroxylation is 1. The minimum atomic E-state index is -0.0657. The summed E-state index contributed by atoms with van der Waals surface area (Å²) in [7, 11) is 0. The molecule has 0 saturated heterocycles. The number of anilines is 3. The van der Waals surface area contributed by atoms with E-state index in [9.17, 15) is 4.79 Å². The first-order valence-corrected chi connectivity index (χ1v) is 9.44. The maximum Gasteiger partial charge on any atom is 0.230 e. The van der Waals surface area contributed by atoms with Gasteiger partial charge in [-0.25, -0.2) is 10.1 Å². The van der Waals surface area contributed by atoms with Crippen LogP contribution >= 0.6 is 23.1 Å². The van der Waals surface area contributed by atoms with Crippen LogP contribution in [0.25, 0.3) is 0 Å². The molecule has 0 spiro atoms. The summed E-state index contributed by atoms with van der Waals surface area (Å²) >= 11 is 2.88. The summed E-state index contributed by atoms with van der Waals surface area (Å²) in [6.45, 7) is 5.59. The van der Waals surface area contributed by atoms with Crippen molar-refractivity contribution >= 4 is 45.8 Å². The highest BCUT2D eigenvalue weighted by molar-refractivity contribution is 7.98. The van der Waals surface area contributed by atoms with Gasteiger partial charge in [0.1, 0.15) is 0 Å². The molecule has 0 unspecified atom stereocenters. The number of nitrogens with two attached hydrogens (primary N) is 1. The summed E-state index contributed by atoms with van der Waals surface area (Å²) in [6, 6.07) is 5.92. The van der Waals surface area contributed by atoms with Crippen LogP contribution in [0.5, 0.6) is 0 Å². The van der Waals surface area contributed by atoms with Crippen LogP contribution in [0.3, 0.4) is 0 Å². The molecule has 25 heavy (non-hydrogen) atoms. The van der Waals surface area contributed by atoms with Crippen molar-refractivity contribution in [2.24, 2.45) is 0 Å². The molecule has 2 heterocycles. The van der Waals surface area contributed by atoms with Crippen molar-refractivity contribution in [3.8, 4) is 0 Å². The lowest BCUT2D eigenvalue weighted by Gasteiger charge is -2.21. The number of amides is 1. The number of hydrogen-bond acceptors (Lipinski definition) is 7. The highest BCUT2D eigenvalue weighted by Crippen LogP contribution is 2.33. The Morgan fingerprint density at radius 1 is 1.36 bits per heavy atom. The fourth-order valence-corrected chi connectivity index (χ4v) is 3.99. The van der Waals surface area contributed by atoms with Crippen molar-refractivity contribution in [3.63, 3.8) is 0 Å². The number of carbonyl (C=O) groups is 1. The molecule has 0 aliphatic carbocycles. The number of aromatic amines is 1. The van der Waals surface area contributed by atoms with Gasteiger partial charge in [-0.1, -0.05) is 23.9 Å². The molecular weight excluding hydrogens is 356 g/mol. The zero-order chi connectivity index (χ0) is 18.0. The van der Waals surface area contributed by atoms with Crippen LogP contribution in [0.15, 0.2) is 28.7 Å². The fourth-order valence-electron chi connectivity index (χ4n) is 2.31. The predicted molar refractivity (Wildman–Crippen MR) is 101 cm³/mol. The van der Waals surface area contributed by atoms with E-state index < -0.39 is 0 Å². The van der Waals surface area contributed by atoms with Gasteiger partial charge in [0.25, 0.3) is 0 Å². The average molecular weight is 374 g/mol. The lowest BCUT2D eigenvalue weighted by Crippen LogP contribution is -2.23. The van der Waals surface area contributed by atoms with Gasteiger partial charge in [-0.3, -0.25) is 9.69 Å². The van der Waals surface area contributed by atoms with Crippen LogP contribution in [-0.4, -0.2) is 26.1 Å². The molecule has 0 atom stereocenters. The Morgan fingerprint density at radius 3 is 2.84 bits per heavy atom. The SMILES string of the molecule is CC(=O)N(c1nc(CSc2n[nH]c(N)n2)cs1)c1cccc(C)c1C. The Hall–Kier alpha value is -2.39. The van der Waals surface area contributed by atoms with Gasteiger partial charge in [0.15, 0.2) is 5.13 Å². The van der Waals surface area contributed by atoms with Gasteiger partial charge >= 0.3 is 0 Å². The maximum absolute atomic E-state index is 12.2. The topological polar surface area (TPSA) is 101 Å². The number of hydrogen-bond donors (Lipinski definition) is 2. The smallest absolute Gasteiger partial charge is 0.230 e. The minimum Gasteiger partial charge on any atom is -0.368 e. The van der Waals surface area contributed by atoms with Crippen LogP contribution in [0.1, 0.15) is 23.7 Å². The summed E-state index contributed by atoms with van der Waals surface area (Å²) in [6.07, 6.45) is 0. The van der Waals surface area contributed by atoms with Crippen LogP contribution < -0.4 is 10.6 Å². The third-order valence-electron chi connectivity index (χ3n) is 3.69. The Morgan fingerprint density at radius 2 is 2.16 bits per heavy atom. The van der Waals surface area contributed by atoms with Gasteiger partial charge < -0.3 is 5.73 Å². The number of rotatable bonds is 5. The molecule has 0 saturated carbocycles. The molecule has 1 aromatic carbocycles. The Kier molecular flexibility index (Phi) is 5.05. The van der Waals surface area contributed by atoms with E-state index in [0.717, 1.165) is 22.5 Å². The molecule has 0 radical (unpaired) electrons. The molecule has 0 aliphatic rings. The summed E-state index contributed by atoms with van der Waals surface area (Å²) in [5.74, 6) is 0.829. The molecule has 1 amide bonds. The van der Waals surface area contributed by atoms with Crippen LogP contribution in [0.4, 0.5) is 16.8 Å². The molecule has 9 heteroatoms. The monoisotopic (exact) mass is 374 g/mol. The van der Waals surface area contributed by atoms with Crippen molar-refractivity contribution in [2.75, 3.05) is 10.6 Å². The molecule has 2 aromatic heterocycles. The number of nitrogens with zero attached hydrogens (tertiary/aromatic N) is 4. The lowest BCUT2D eigenvalue weighted by atomic mass is 10.1. The third-order valence-corrected chi connectivity index (χ3v) is 5.45. The Balaban J connectivity index is 1.82.